The molecule has 6 nitrogen and oxygen atoms in total. The first-order valence-electron chi connectivity index (χ1n) is 9.91. The van der Waals surface area contributed by atoms with Crippen molar-refractivity contribution < 1.29 is 18.0 Å². The fourth-order valence-corrected chi connectivity index (χ4v) is 3.80. The van der Waals surface area contributed by atoms with E-state index in [1.165, 1.54) is 0 Å². The highest BCUT2D eigenvalue weighted by Gasteiger charge is 2.37. The molecule has 0 aromatic carbocycles. The first kappa shape index (κ1) is 20.3. The number of carbonyl (C=O) groups is 1. The van der Waals surface area contributed by atoms with Crippen LogP contribution in [0.25, 0.3) is 5.65 Å². The van der Waals surface area contributed by atoms with E-state index >= 15 is 0 Å². The summed E-state index contributed by atoms with van der Waals surface area (Å²) in [4.78, 5) is 23.1. The third-order valence-electron chi connectivity index (χ3n) is 5.32. The topological polar surface area (TPSA) is 63.4 Å². The van der Waals surface area contributed by atoms with E-state index in [1.54, 1.807) is 43.1 Å². The molecule has 4 rings (SSSR count). The fraction of sp³-hybridized carbons (Fsp3) is 0.429. The summed E-state index contributed by atoms with van der Waals surface area (Å²) in [6.07, 6.45) is -1.37. The molecule has 0 spiro atoms. The maximum Gasteiger partial charge on any atom is 0.433 e. The zero-order valence-corrected chi connectivity index (χ0v) is 16.7. The maximum atomic E-state index is 13.6. The zero-order valence-electron chi connectivity index (χ0n) is 16.7. The van der Waals surface area contributed by atoms with Crippen LogP contribution < -0.4 is 0 Å². The number of likely N-dealkylation sites (tertiary alicyclic amines) is 1. The molecule has 9 heteroatoms. The van der Waals surface area contributed by atoms with Crippen LogP contribution in [0.15, 0.2) is 36.5 Å². The summed E-state index contributed by atoms with van der Waals surface area (Å²) in [6, 6.07) is 7.62. The highest BCUT2D eigenvalue weighted by atomic mass is 19.4. The molecular weight excluding hydrogens is 395 g/mol. The number of aromatic nitrogens is 4. The van der Waals surface area contributed by atoms with E-state index in [0.29, 0.717) is 30.0 Å². The van der Waals surface area contributed by atoms with Gasteiger partial charge in [-0.1, -0.05) is 19.9 Å². The number of alkyl halides is 3. The average molecular weight is 417 g/mol. The van der Waals surface area contributed by atoms with Gasteiger partial charge >= 0.3 is 6.18 Å². The van der Waals surface area contributed by atoms with Gasteiger partial charge in [0.25, 0.3) is 0 Å². The summed E-state index contributed by atoms with van der Waals surface area (Å²) in [6.45, 7) is 4.14. The summed E-state index contributed by atoms with van der Waals surface area (Å²) in [5.41, 5.74) is 0.738. The summed E-state index contributed by atoms with van der Waals surface area (Å²) in [5.74, 6) is -0.266. The highest BCUT2D eigenvalue weighted by Crippen LogP contribution is 2.35. The Kier molecular flexibility index (Phi) is 5.21. The first-order chi connectivity index (χ1) is 14.2. The molecule has 1 amide bonds. The minimum absolute atomic E-state index is 0.111. The lowest BCUT2D eigenvalue weighted by Crippen LogP contribution is -2.32. The molecule has 1 aliphatic rings. The molecule has 0 radical (unpaired) electrons. The zero-order chi connectivity index (χ0) is 21.5. The number of halogens is 3. The number of fused-ring (bicyclic) bond motifs is 1. The second kappa shape index (κ2) is 7.70. The number of pyridine rings is 1. The van der Waals surface area contributed by atoms with Crippen LogP contribution in [0.2, 0.25) is 0 Å². The van der Waals surface area contributed by atoms with E-state index in [2.05, 4.69) is 15.1 Å². The molecule has 30 heavy (non-hydrogen) atoms. The van der Waals surface area contributed by atoms with Gasteiger partial charge in [-0.25, -0.2) is 9.50 Å². The average Bonchev–Trinajstić information content (AvgIpc) is 3.33. The Morgan fingerprint density at radius 1 is 1.27 bits per heavy atom. The van der Waals surface area contributed by atoms with Crippen molar-refractivity contribution in [1.82, 2.24) is 24.5 Å². The van der Waals surface area contributed by atoms with Crippen molar-refractivity contribution in [3.63, 3.8) is 0 Å². The normalized spacial score (nSPS) is 17.3. The van der Waals surface area contributed by atoms with Crippen LogP contribution in [0.3, 0.4) is 0 Å². The number of hydrogen-bond acceptors (Lipinski definition) is 4. The Balaban J connectivity index is 1.69. The Bertz CT molecular complexity index is 1060. The Hall–Kier alpha value is -2.97. The molecular formula is C21H22F3N5O. The Labute approximate surface area is 171 Å². The van der Waals surface area contributed by atoms with E-state index in [1.807, 2.05) is 6.07 Å². The minimum atomic E-state index is -4.56. The van der Waals surface area contributed by atoms with Crippen molar-refractivity contribution in [2.24, 2.45) is 0 Å². The van der Waals surface area contributed by atoms with Crippen LogP contribution in [-0.4, -0.2) is 36.9 Å². The van der Waals surface area contributed by atoms with Crippen LogP contribution in [0.5, 0.6) is 0 Å². The summed E-state index contributed by atoms with van der Waals surface area (Å²) in [7, 11) is 0. The van der Waals surface area contributed by atoms with Crippen LogP contribution in [-0.2, 0) is 17.4 Å². The van der Waals surface area contributed by atoms with E-state index in [9.17, 15) is 18.0 Å². The molecule has 1 aliphatic heterocycles. The van der Waals surface area contributed by atoms with E-state index in [-0.39, 0.29) is 29.9 Å². The largest absolute Gasteiger partial charge is 0.433 e. The maximum absolute atomic E-state index is 13.6. The molecule has 3 aromatic rings. The molecule has 1 fully saturated rings. The number of nitrogens with zero attached hydrogens (tertiary/aromatic N) is 5. The van der Waals surface area contributed by atoms with Crippen molar-refractivity contribution in [2.75, 3.05) is 6.54 Å². The van der Waals surface area contributed by atoms with Crippen molar-refractivity contribution in [3.8, 4) is 0 Å². The van der Waals surface area contributed by atoms with Gasteiger partial charge in [-0.3, -0.25) is 9.78 Å². The molecule has 3 aromatic heterocycles. The van der Waals surface area contributed by atoms with Crippen molar-refractivity contribution in [3.05, 3.63) is 59.3 Å². The second-order valence-electron chi connectivity index (χ2n) is 7.80. The van der Waals surface area contributed by atoms with Gasteiger partial charge in [0.2, 0.25) is 5.91 Å². The number of amides is 1. The highest BCUT2D eigenvalue weighted by molar-refractivity contribution is 5.79. The quantitative estimate of drug-likeness (QED) is 0.639. The lowest BCUT2D eigenvalue weighted by molar-refractivity contribution is -0.142. The fourth-order valence-electron chi connectivity index (χ4n) is 3.80. The van der Waals surface area contributed by atoms with E-state index in [4.69, 9.17) is 0 Å². The summed E-state index contributed by atoms with van der Waals surface area (Å²) < 4.78 is 41.8. The molecule has 1 saturated heterocycles. The predicted octanol–water partition coefficient (Wildman–Crippen LogP) is 4.17. The van der Waals surface area contributed by atoms with Crippen LogP contribution in [0, 0.1) is 0 Å². The van der Waals surface area contributed by atoms with Crippen molar-refractivity contribution >= 4 is 11.6 Å². The van der Waals surface area contributed by atoms with Crippen molar-refractivity contribution in [1.29, 1.82) is 0 Å². The standard InChI is InChI=1S/C21H22F3N5O/c1-13(2)15-11-18(21(22,23)24)29-19(26-15)12-16(27-29)17-7-5-9-28(17)20(30)10-14-6-3-4-8-25-14/h3-4,6,8,11-13,17H,5,7,9-10H2,1-2H3/t17-/m1/s1. The van der Waals surface area contributed by atoms with Gasteiger partial charge < -0.3 is 4.90 Å². The van der Waals surface area contributed by atoms with E-state index < -0.39 is 11.9 Å². The van der Waals surface area contributed by atoms with Crippen LogP contribution >= 0.6 is 0 Å². The second-order valence-corrected chi connectivity index (χ2v) is 7.80. The number of carbonyl (C=O) groups excluding carboxylic acids is 1. The van der Waals surface area contributed by atoms with Gasteiger partial charge in [0, 0.05) is 30.2 Å². The van der Waals surface area contributed by atoms with Gasteiger partial charge in [0.1, 0.15) is 5.69 Å². The van der Waals surface area contributed by atoms with Gasteiger partial charge in [-0.05, 0) is 37.0 Å². The molecule has 1 atom stereocenters. The SMILES string of the molecule is CC(C)c1cc(C(F)(F)F)n2nc([C@H]3CCCN3C(=O)Cc3ccccn3)cc2n1. The molecule has 0 saturated carbocycles. The summed E-state index contributed by atoms with van der Waals surface area (Å²) >= 11 is 0. The predicted molar refractivity (Wildman–Crippen MR) is 104 cm³/mol. The van der Waals surface area contributed by atoms with Gasteiger partial charge in [-0.15, -0.1) is 0 Å². The van der Waals surface area contributed by atoms with Crippen molar-refractivity contribution in [2.45, 2.75) is 51.2 Å². The van der Waals surface area contributed by atoms with Crippen LogP contribution in [0.1, 0.15) is 61.4 Å². The number of rotatable bonds is 4. The minimum Gasteiger partial charge on any atom is -0.334 e. The third-order valence-corrected chi connectivity index (χ3v) is 5.32. The van der Waals surface area contributed by atoms with Crippen LogP contribution in [0.4, 0.5) is 13.2 Å². The van der Waals surface area contributed by atoms with Gasteiger partial charge in [0.15, 0.2) is 5.65 Å². The summed E-state index contributed by atoms with van der Waals surface area (Å²) in [5, 5.41) is 4.23. The smallest absolute Gasteiger partial charge is 0.334 e. The number of hydrogen-bond donors (Lipinski definition) is 0. The lowest BCUT2D eigenvalue weighted by atomic mass is 10.1. The lowest BCUT2D eigenvalue weighted by Gasteiger charge is -2.23. The molecule has 4 heterocycles. The Morgan fingerprint density at radius 3 is 2.73 bits per heavy atom. The van der Waals surface area contributed by atoms with Gasteiger partial charge in [0.05, 0.1) is 18.2 Å². The molecule has 0 N–H and O–H groups in total. The molecule has 0 unspecified atom stereocenters. The first-order valence-corrected chi connectivity index (χ1v) is 9.91. The Morgan fingerprint density at radius 2 is 2.07 bits per heavy atom. The monoisotopic (exact) mass is 417 g/mol. The van der Waals surface area contributed by atoms with E-state index in [0.717, 1.165) is 17.0 Å². The molecule has 0 aliphatic carbocycles. The van der Waals surface area contributed by atoms with Gasteiger partial charge in [-0.2, -0.15) is 18.3 Å². The third kappa shape index (κ3) is 3.88. The molecule has 158 valence electrons. The molecule has 0 bridgehead atoms.